The lowest BCUT2D eigenvalue weighted by atomic mass is 10.2. The molecule has 0 fully saturated rings. The number of nitrogens with one attached hydrogen (secondary N) is 2. The average molecular weight is 504 g/mol. The van der Waals surface area contributed by atoms with Crippen molar-refractivity contribution < 1.29 is 9.59 Å². The van der Waals surface area contributed by atoms with Crippen LogP contribution >= 0.6 is 39.3 Å². The van der Waals surface area contributed by atoms with Gasteiger partial charge in [0.2, 0.25) is 5.91 Å². The second kappa shape index (κ2) is 10.7. The average Bonchev–Trinajstić information content (AvgIpc) is 2.74. The van der Waals surface area contributed by atoms with Gasteiger partial charge in [0.15, 0.2) is 0 Å². The van der Waals surface area contributed by atoms with Crippen molar-refractivity contribution in [3.05, 3.63) is 87.9 Å². The van der Waals surface area contributed by atoms with Gasteiger partial charge in [0.1, 0.15) is 0 Å². The molecule has 1 unspecified atom stereocenters. The number of benzene rings is 3. The molecule has 1 atom stereocenters. The lowest BCUT2D eigenvalue weighted by Crippen LogP contribution is -2.24. The number of carbonyl (C=O) groups is 2. The van der Waals surface area contributed by atoms with Gasteiger partial charge in [-0.2, -0.15) is 0 Å². The van der Waals surface area contributed by atoms with Gasteiger partial charge in [0.05, 0.1) is 10.9 Å². The van der Waals surface area contributed by atoms with Gasteiger partial charge in [-0.05, 0) is 70.9 Å². The van der Waals surface area contributed by atoms with E-state index in [1.807, 2.05) is 55.5 Å². The van der Waals surface area contributed by atoms with Gasteiger partial charge in [-0.1, -0.05) is 42.8 Å². The lowest BCUT2D eigenvalue weighted by molar-refractivity contribution is -0.115. The zero-order chi connectivity index (χ0) is 21.5. The number of halogens is 2. The minimum Gasteiger partial charge on any atom is -0.324 e. The summed E-state index contributed by atoms with van der Waals surface area (Å²) in [5.74, 6) is -0.305. The summed E-state index contributed by atoms with van der Waals surface area (Å²) in [5, 5.41) is 6.08. The maximum Gasteiger partial charge on any atom is 0.255 e. The molecule has 2 N–H and O–H groups in total. The molecule has 4 nitrogen and oxygen atoms in total. The number of carbonyl (C=O) groups excluding carboxylic acids is 2. The first-order valence-corrected chi connectivity index (χ1v) is 11.4. The molecule has 3 aromatic carbocycles. The van der Waals surface area contributed by atoms with Crippen molar-refractivity contribution in [1.82, 2.24) is 0 Å². The topological polar surface area (TPSA) is 58.2 Å². The molecule has 0 aliphatic rings. The molecule has 2 amide bonds. The van der Waals surface area contributed by atoms with Crippen LogP contribution in [0.25, 0.3) is 0 Å². The van der Waals surface area contributed by atoms with Crippen molar-refractivity contribution in [2.24, 2.45) is 0 Å². The first-order valence-electron chi connectivity index (χ1n) is 9.35. The van der Waals surface area contributed by atoms with Gasteiger partial charge in [-0.15, -0.1) is 11.8 Å². The van der Waals surface area contributed by atoms with Crippen molar-refractivity contribution in [2.75, 3.05) is 10.6 Å². The highest BCUT2D eigenvalue weighted by Gasteiger charge is 2.19. The first kappa shape index (κ1) is 22.4. The van der Waals surface area contributed by atoms with Crippen LogP contribution in [0.2, 0.25) is 5.02 Å². The van der Waals surface area contributed by atoms with Crippen molar-refractivity contribution in [3.8, 4) is 0 Å². The van der Waals surface area contributed by atoms with E-state index in [9.17, 15) is 9.59 Å². The third-order valence-electron chi connectivity index (χ3n) is 4.25. The van der Waals surface area contributed by atoms with E-state index in [4.69, 9.17) is 11.6 Å². The highest BCUT2D eigenvalue weighted by atomic mass is 79.9. The highest BCUT2D eigenvalue weighted by Crippen LogP contribution is 2.30. The van der Waals surface area contributed by atoms with Crippen LogP contribution in [0.1, 0.15) is 23.7 Å². The Labute approximate surface area is 193 Å². The zero-order valence-electron chi connectivity index (χ0n) is 16.2. The largest absolute Gasteiger partial charge is 0.324 e. The van der Waals surface area contributed by atoms with E-state index in [1.54, 1.807) is 24.3 Å². The van der Waals surface area contributed by atoms with Gasteiger partial charge >= 0.3 is 0 Å². The van der Waals surface area contributed by atoms with E-state index in [0.29, 0.717) is 22.7 Å². The van der Waals surface area contributed by atoms with Crippen LogP contribution < -0.4 is 10.6 Å². The zero-order valence-corrected chi connectivity index (χ0v) is 19.4. The summed E-state index contributed by atoms with van der Waals surface area (Å²) < 4.78 is 0.837. The molecule has 3 aromatic rings. The number of anilines is 2. The van der Waals surface area contributed by atoms with Crippen LogP contribution in [0.4, 0.5) is 11.4 Å². The van der Waals surface area contributed by atoms with Crippen molar-refractivity contribution in [2.45, 2.75) is 23.5 Å². The van der Waals surface area contributed by atoms with E-state index in [0.717, 1.165) is 15.1 Å². The number of hydrogen-bond donors (Lipinski definition) is 2. The Bertz CT molecular complexity index is 1060. The van der Waals surface area contributed by atoms with Crippen molar-refractivity contribution in [1.29, 1.82) is 0 Å². The summed E-state index contributed by atoms with van der Waals surface area (Å²) >= 11 is 10.9. The molecule has 0 aromatic heterocycles. The molecule has 0 heterocycles. The van der Waals surface area contributed by atoms with Gasteiger partial charge in [0, 0.05) is 25.6 Å². The number of thioether (sulfide) groups is 1. The standard InChI is InChI=1S/C23H20BrClN2O2S/c1-2-21(23(29)27-20-12-4-3-11-19(20)24)30-18-10-6-9-17(14-18)26-22(28)15-7-5-8-16(25)13-15/h3-14,21H,2H2,1H3,(H,26,28)(H,27,29). The second-order valence-corrected chi connectivity index (χ2v) is 9.04. The van der Waals surface area contributed by atoms with E-state index in [1.165, 1.54) is 11.8 Å². The molecular formula is C23H20BrClN2O2S. The smallest absolute Gasteiger partial charge is 0.255 e. The van der Waals surface area contributed by atoms with Gasteiger partial charge in [-0.25, -0.2) is 0 Å². The molecule has 0 saturated heterocycles. The molecule has 3 rings (SSSR count). The van der Waals surface area contributed by atoms with Crippen LogP contribution in [-0.2, 0) is 4.79 Å². The Balaban J connectivity index is 1.67. The van der Waals surface area contributed by atoms with Crippen LogP contribution in [0.5, 0.6) is 0 Å². The number of para-hydroxylation sites is 1. The Morgan fingerprint density at radius 2 is 1.77 bits per heavy atom. The Morgan fingerprint density at radius 1 is 1.00 bits per heavy atom. The van der Waals surface area contributed by atoms with E-state index < -0.39 is 0 Å². The fourth-order valence-corrected chi connectivity index (χ4v) is 4.33. The summed E-state index contributed by atoms with van der Waals surface area (Å²) in [4.78, 5) is 26.1. The summed E-state index contributed by atoms with van der Waals surface area (Å²) in [6, 6.07) is 21.8. The minimum atomic E-state index is -0.268. The predicted molar refractivity (Wildman–Crippen MR) is 129 cm³/mol. The summed E-state index contributed by atoms with van der Waals surface area (Å²) in [5.41, 5.74) is 1.88. The molecule has 7 heteroatoms. The van der Waals surface area contributed by atoms with Crippen LogP contribution in [0, 0.1) is 0 Å². The van der Waals surface area contributed by atoms with Crippen LogP contribution in [0.3, 0.4) is 0 Å². The van der Waals surface area contributed by atoms with Crippen LogP contribution in [0.15, 0.2) is 82.2 Å². The van der Waals surface area contributed by atoms with Crippen molar-refractivity contribution in [3.63, 3.8) is 0 Å². The van der Waals surface area contributed by atoms with Crippen molar-refractivity contribution >= 4 is 62.5 Å². The number of rotatable bonds is 7. The molecule has 0 aliphatic carbocycles. The van der Waals surface area contributed by atoms with Gasteiger partial charge < -0.3 is 10.6 Å². The molecule has 0 aliphatic heterocycles. The van der Waals surface area contributed by atoms with Gasteiger partial charge in [0.25, 0.3) is 5.91 Å². The second-order valence-electron chi connectivity index (χ2n) is 6.48. The lowest BCUT2D eigenvalue weighted by Gasteiger charge is -2.16. The maximum absolute atomic E-state index is 12.7. The monoisotopic (exact) mass is 502 g/mol. The predicted octanol–water partition coefficient (Wildman–Crippen LogP) is 6.86. The quantitative estimate of drug-likeness (QED) is 0.346. The first-order chi connectivity index (χ1) is 14.5. The molecule has 0 spiro atoms. The molecule has 0 radical (unpaired) electrons. The Hall–Kier alpha value is -2.28. The maximum atomic E-state index is 12.7. The Kier molecular flexibility index (Phi) is 7.96. The highest BCUT2D eigenvalue weighted by molar-refractivity contribution is 9.10. The van der Waals surface area contributed by atoms with Crippen LogP contribution in [-0.4, -0.2) is 17.1 Å². The number of amides is 2. The fraction of sp³-hybridized carbons (Fsp3) is 0.130. The summed E-state index contributed by atoms with van der Waals surface area (Å²) in [6.45, 7) is 1.97. The SMILES string of the molecule is CCC(Sc1cccc(NC(=O)c2cccc(Cl)c2)c1)C(=O)Nc1ccccc1Br. The van der Waals surface area contributed by atoms with E-state index in [-0.39, 0.29) is 17.1 Å². The summed E-state index contributed by atoms with van der Waals surface area (Å²) in [7, 11) is 0. The normalized spacial score (nSPS) is 11.6. The minimum absolute atomic E-state index is 0.0669. The third kappa shape index (κ3) is 6.11. The molecule has 0 bridgehead atoms. The molecule has 0 saturated carbocycles. The molecule has 30 heavy (non-hydrogen) atoms. The third-order valence-corrected chi connectivity index (χ3v) is 6.54. The Morgan fingerprint density at radius 3 is 2.50 bits per heavy atom. The molecular weight excluding hydrogens is 484 g/mol. The van der Waals surface area contributed by atoms with E-state index >= 15 is 0 Å². The number of hydrogen-bond acceptors (Lipinski definition) is 3. The fourth-order valence-electron chi connectivity index (χ4n) is 2.74. The molecule has 154 valence electrons. The summed E-state index contributed by atoms with van der Waals surface area (Å²) in [6.07, 6.45) is 0.667. The van der Waals surface area contributed by atoms with Gasteiger partial charge in [-0.3, -0.25) is 9.59 Å². The van der Waals surface area contributed by atoms with E-state index in [2.05, 4.69) is 26.6 Å².